The second-order valence-electron chi connectivity index (χ2n) is 9.88. The van der Waals surface area contributed by atoms with Crippen LogP contribution in [-0.2, 0) is 4.79 Å². The highest BCUT2D eigenvalue weighted by Gasteiger charge is 2.33. The summed E-state index contributed by atoms with van der Waals surface area (Å²) in [6.07, 6.45) is 8.40. The predicted octanol–water partition coefficient (Wildman–Crippen LogP) is 4.60. The summed E-state index contributed by atoms with van der Waals surface area (Å²) in [6.45, 7) is 9.73. The van der Waals surface area contributed by atoms with E-state index in [1.807, 2.05) is 18.2 Å². The molecule has 1 aromatic carbocycles. The van der Waals surface area contributed by atoms with Crippen molar-refractivity contribution >= 4 is 5.91 Å². The fourth-order valence-electron chi connectivity index (χ4n) is 4.83. The van der Waals surface area contributed by atoms with Crippen LogP contribution >= 0.6 is 0 Å². The molecule has 180 valence electrons. The standard InChI is InChI=1S/C26H42N2O4/c1-4-5-6-7-8-10-24(29)27-21(13-16-28-15-9-14-26(28,2)3)25(30)20-11-12-22-23(19-20)32-18-17-31-22/h11-12,19,21,25,30H,4-10,13-18H2,1-3H3,(H,27,29)/t21?,25-/m0/s1. The molecular weight excluding hydrogens is 404 g/mol. The normalized spacial score (nSPS) is 19.5. The Morgan fingerprint density at radius 3 is 2.62 bits per heavy atom. The first-order valence-corrected chi connectivity index (χ1v) is 12.5. The van der Waals surface area contributed by atoms with E-state index in [-0.39, 0.29) is 17.5 Å². The second kappa shape index (κ2) is 11.9. The van der Waals surface area contributed by atoms with Crippen LogP contribution in [0.15, 0.2) is 18.2 Å². The molecule has 1 aromatic rings. The van der Waals surface area contributed by atoms with Crippen LogP contribution in [0.2, 0.25) is 0 Å². The van der Waals surface area contributed by atoms with Gasteiger partial charge >= 0.3 is 0 Å². The fraction of sp³-hybridized carbons (Fsp3) is 0.731. The van der Waals surface area contributed by atoms with Gasteiger partial charge in [0.25, 0.3) is 0 Å². The maximum atomic E-state index is 12.7. The third kappa shape index (κ3) is 6.85. The van der Waals surface area contributed by atoms with Gasteiger partial charge in [-0.1, -0.05) is 38.7 Å². The number of ether oxygens (including phenoxy) is 2. The van der Waals surface area contributed by atoms with Gasteiger partial charge in [-0.05, 0) is 63.8 Å². The number of unbranched alkanes of at least 4 members (excludes halogenated alkanes) is 4. The number of aliphatic hydroxyl groups is 1. The summed E-state index contributed by atoms with van der Waals surface area (Å²) < 4.78 is 11.3. The molecule has 0 aromatic heterocycles. The Kier molecular flexibility index (Phi) is 9.23. The van der Waals surface area contributed by atoms with E-state index in [9.17, 15) is 9.90 Å². The monoisotopic (exact) mass is 446 g/mol. The number of carbonyl (C=O) groups is 1. The van der Waals surface area contributed by atoms with Crippen LogP contribution in [0.1, 0.15) is 90.2 Å². The van der Waals surface area contributed by atoms with E-state index in [2.05, 4.69) is 31.0 Å². The molecule has 0 radical (unpaired) electrons. The maximum Gasteiger partial charge on any atom is 0.220 e. The Morgan fingerprint density at radius 1 is 1.16 bits per heavy atom. The Bertz CT molecular complexity index is 737. The molecule has 2 aliphatic rings. The van der Waals surface area contributed by atoms with Crippen molar-refractivity contribution in [2.24, 2.45) is 0 Å². The molecule has 2 aliphatic heterocycles. The molecule has 0 aliphatic carbocycles. The number of rotatable bonds is 12. The first kappa shape index (κ1) is 24.8. The van der Waals surface area contributed by atoms with Gasteiger partial charge in [0.2, 0.25) is 5.91 Å². The van der Waals surface area contributed by atoms with E-state index in [0.717, 1.165) is 31.5 Å². The number of amides is 1. The Hall–Kier alpha value is -1.79. The predicted molar refractivity (Wildman–Crippen MR) is 127 cm³/mol. The van der Waals surface area contributed by atoms with Crippen LogP contribution in [0.3, 0.4) is 0 Å². The molecule has 1 fully saturated rings. The molecular formula is C26H42N2O4. The molecule has 1 saturated heterocycles. The van der Waals surface area contributed by atoms with Gasteiger partial charge < -0.3 is 19.9 Å². The van der Waals surface area contributed by atoms with Crippen molar-refractivity contribution < 1.29 is 19.4 Å². The molecule has 0 spiro atoms. The minimum Gasteiger partial charge on any atom is -0.486 e. The number of benzene rings is 1. The zero-order chi connectivity index (χ0) is 23.0. The second-order valence-corrected chi connectivity index (χ2v) is 9.88. The molecule has 3 rings (SSSR count). The van der Waals surface area contributed by atoms with E-state index < -0.39 is 6.10 Å². The molecule has 2 atom stereocenters. The van der Waals surface area contributed by atoms with Gasteiger partial charge in [0, 0.05) is 18.5 Å². The van der Waals surface area contributed by atoms with Crippen molar-refractivity contribution in [3.05, 3.63) is 23.8 Å². The lowest BCUT2D eigenvalue weighted by Crippen LogP contribution is -2.44. The van der Waals surface area contributed by atoms with Gasteiger partial charge in [0.1, 0.15) is 13.2 Å². The van der Waals surface area contributed by atoms with Gasteiger partial charge in [-0.15, -0.1) is 0 Å². The van der Waals surface area contributed by atoms with Crippen LogP contribution in [0.25, 0.3) is 0 Å². The Morgan fingerprint density at radius 2 is 1.91 bits per heavy atom. The van der Waals surface area contributed by atoms with Gasteiger partial charge in [-0.3, -0.25) is 9.69 Å². The molecule has 32 heavy (non-hydrogen) atoms. The highest BCUT2D eigenvalue weighted by Crippen LogP contribution is 2.34. The summed E-state index contributed by atoms with van der Waals surface area (Å²) in [5.74, 6) is 1.40. The topological polar surface area (TPSA) is 71.0 Å². The fourth-order valence-corrected chi connectivity index (χ4v) is 4.83. The number of hydrogen-bond donors (Lipinski definition) is 2. The van der Waals surface area contributed by atoms with Crippen LogP contribution in [-0.4, -0.2) is 53.8 Å². The van der Waals surface area contributed by atoms with Crippen LogP contribution in [0.5, 0.6) is 11.5 Å². The van der Waals surface area contributed by atoms with Crippen LogP contribution in [0, 0.1) is 0 Å². The summed E-state index contributed by atoms with van der Waals surface area (Å²) in [6, 6.07) is 5.24. The number of nitrogens with zero attached hydrogens (tertiary/aromatic N) is 1. The van der Waals surface area contributed by atoms with E-state index in [0.29, 0.717) is 37.6 Å². The third-order valence-electron chi connectivity index (χ3n) is 6.93. The van der Waals surface area contributed by atoms with Crippen LogP contribution < -0.4 is 14.8 Å². The zero-order valence-electron chi connectivity index (χ0n) is 20.2. The smallest absolute Gasteiger partial charge is 0.220 e. The Balaban J connectivity index is 1.64. The van der Waals surface area contributed by atoms with Gasteiger partial charge in [-0.25, -0.2) is 0 Å². The van der Waals surface area contributed by atoms with Gasteiger partial charge in [0.05, 0.1) is 12.1 Å². The van der Waals surface area contributed by atoms with E-state index in [1.54, 1.807) is 0 Å². The lowest BCUT2D eigenvalue weighted by atomic mass is 9.97. The van der Waals surface area contributed by atoms with E-state index in [1.165, 1.54) is 32.1 Å². The molecule has 0 bridgehead atoms. The third-order valence-corrected chi connectivity index (χ3v) is 6.93. The van der Waals surface area contributed by atoms with Crippen molar-refractivity contribution in [1.82, 2.24) is 10.2 Å². The molecule has 2 N–H and O–H groups in total. The van der Waals surface area contributed by atoms with E-state index >= 15 is 0 Å². The largest absolute Gasteiger partial charge is 0.486 e. The quantitative estimate of drug-likeness (QED) is 0.459. The average molecular weight is 447 g/mol. The number of likely N-dealkylation sites (tertiary alicyclic amines) is 1. The number of aliphatic hydroxyl groups excluding tert-OH is 1. The van der Waals surface area contributed by atoms with Crippen molar-refractivity contribution in [3.63, 3.8) is 0 Å². The molecule has 0 saturated carbocycles. The number of nitrogens with one attached hydrogen (secondary N) is 1. The summed E-state index contributed by atoms with van der Waals surface area (Å²) in [7, 11) is 0. The number of hydrogen-bond acceptors (Lipinski definition) is 5. The maximum absolute atomic E-state index is 12.7. The van der Waals surface area contributed by atoms with E-state index in [4.69, 9.17) is 9.47 Å². The lowest BCUT2D eigenvalue weighted by molar-refractivity contribution is -0.123. The first-order chi connectivity index (χ1) is 15.4. The van der Waals surface area contributed by atoms with Crippen molar-refractivity contribution in [3.8, 4) is 11.5 Å². The van der Waals surface area contributed by atoms with Gasteiger partial charge in [-0.2, -0.15) is 0 Å². The Labute approximate surface area is 193 Å². The lowest BCUT2D eigenvalue weighted by Gasteiger charge is -2.34. The molecule has 2 heterocycles. The van der Waals surface area contributed by atoms with Crippen molar-refractivity contribution in [2.45, 2.75) is 96.2 Å². The molecule has 6 nitrogen and oxygen atoms in total. The number of fused-ring (bicyclic) bond motifs is 1. The highest BCUT2D eigenvalue weighted by atomic mass is 16.6. The summed E-state index contributed by atoms with van der Waals surface area (Å²) in [4.78, 5) is 15.2. The minimum absolute atomic E-state index is 0.0313. The summed E-state index contributed by atoms with van der Waals surface area (Å²) in [5.41, 5.74) is 0.929. The zero-order valence-corrected chi connectivity index (χ0v) is 20.2. The first-order valence-electron chi connectivity index (χ1n) is 12.5. The minimum atomic E-state index is -0.791. The van der Waals surface area contributed by atoms with Crippen molar-refractivity contribution in [2.75, 3.05) is 26.3 Å². The molecule has 1 unspecified atom stereocenters. The summed E-state index contributed by atoms with van der Waals surface area (Å²) >= 11 is 0. The van der Waals surface area contributed by atoms with Gasteiger partial charge in [0.15, 0.2) is 11.5 Å². The van der Waals surface area contributed by atoms with Crippen molar-refractivity contribution in [1.29, 1.82) is 0 Å². The van der Waals surface area contributed by atoms with Crippen LogP contribution in [0.4, 0.5) is 0 Å². The SMILES string of the molecule is CCCCCCCC(=O)NC(CCN1CCCC1(C)C)[C@@H](O)c1ccc2c(c1)OCCO2. The molecule has 6 heteroatoms. The molecule has 1 amide bonds. The number of carbonyl (C=O) groups excluding carboxylic acids is 1. The summed E-state index contributed by atoms with van der Waals surface area (Å²) in [5, 5.41) is 14.4. The average Bonchev–Trinajstić information content (AvgIpc) is 3.13. The highest BCUT2D eigenvalue weighted by molar-refractivity contribution is 5.76.